The predicted octanol–water partition coefficient (Wildman–Crippen LogP) is -2.52. The van der Waals surface area contributed by atoms with Gasteiger partial charge in [-0.25, -0.2) is 4.18 Å². The van der Waals surface area contributed by atoms with E-state index in [-0.39, 0.29) is 6.29 Å². The number of carbonyl (C=O) groups excluding carboxylic acids is 1. The first-order chi connectivity index (χ1) is 6.81. The third kappa shape index (κ3) is 5.77. The fraction of sp³-hybridized carbons (Fsp3) is 0.833. The van der Waals surface area contributed by atoms with Gasteiger partial charge in [-0.15, -0.1) is 0 Å². The van der Waals surface area contributed by atoms with Crippen molar-refractivity contribution in [2.45, 2.75) is 24.7 Å². The minimum atomic E-state index is -4.84. The van der Waals surface area contributed by atoms with Crippen LogP contribution in [0.15, 0.2) is 0 Å². The Balaban J connectivity index is 4.58. The van der Waals surface area contributed by atoms with Gasteiger partial charge < -0.3 is 20.1 Å². The van der Waals surface area contributed by atoms with E-state index in [9.17, 15) is 18.3 Å². The van der Waals surface area contributed by atoms with Crippen LogP contribution >= 0.6 is 0 Å². The van der Waals surface area contributed by atoms with E-state index in [1.807, 2.05) is 0 Å². The highest BCUT2D eigenvalue weighted by Gasteiger charge is 2.30. The Morgan fingerprint density at radius 3 is 2.20 bits per heavy atom. The largest absolute Gasteiger partial charge is 0.397 e. The van der Waals surface area contributed by atoms with Gasteiger partial charge in [0, 0.05) is 6.42 Å². The maximum Gasteiger partial charge on any atom is 0.397 e. The van der Waals surface area contributed by atoms with Crippen molar-refractivity contribution < 1.29 is 37.3 Å². The summed E-state index contributed by atoms with van der Waals surface area (Å²) in [7, 11) is -4.84. The Morgan fingerprint density at radius 2 is 1.87 bits per heavy atom. The molecule has 4 N–H and O–H groups in total. The quantitative estimate of drug-likeness (QED) is 0.284. The van der Waals surface area contributed by atoms with Crippen LogP contribution in [0.3, 0.4) is 0 Å². The average Bonchev–Trinajstić information content (AvgIpc) is 2.13. The molecule has 0 fully saturated rings. The van der Waals surface area contributed by atoms with Crippen molar-refractivity contribution in [1.82, 2.24) is 0 Å². The molecule has 0 heterocycles. The van der Waals surface area contributed by atoms with Gasteiger partial charge in [0.25, 0.3) is 0 Å². The molecule has 90 valence electrons. The molecule has 0 unspecified atom stereocenters. The third-order valence-corrected chi connectivity index (χ3v) is 2.03. The van der Waals surface area contributed by atoms with Crippen molar-refractivity contribution in [2.24, 2.45) is 0 Å². The molecule has 0 rings (SSSR count). The van der Waals surface area contributed by atoms with Gasteiger partial charge in [0.15, 0.2) is 0 Å². The number of aldehydes is 1. The number of carbonyl (C=O) groups is 1. The smallest absolute Gasteiger partial charge is 0.394 e. The number of aliphatic hydroxyl groups is 3. The van der Waals surface area contributed by atoms with Gasteiger partial charge in [-0.2, -0.15) is 8.42 Å². The summed E-state index contributed by atoms with van der Waals surface area (Å²) in [6.07, 6.45) is -5.43. The molecule has 15 heavy (non-hydrogen) atoms. The van der Waals surface area contributed by atoms with Crippen LogP contribution in [0.2, 0.25) is 0 Å². The van der Waals surface area contributed by atoms with Crippen LogP contribution in [-0.4, -0.2) is 59.5 Å². The zero-order valence-corrected chi connectivity index (χ0v) is 8.37. The summed E-state index contributed by atoms with van der Waals surface area (Å²) in [5.41, 5.74) is 0. The maximum atomic E-state index is 10.3. The zero-order chi connectivity index (χ0) is 12.1. The van der Waals surface area contributed by atoms with E-state index in [2.05, 4.69) is 4.18 Å². The molecule has 0 aromatic rings. The third-order valence-electron chi connectivity index (χ3n) is 1.54. The van der Waals surface area contributed by atoms with Gasteiger partial charge in [0.1, 0.15) is 24.6 Å². The zero-order valence-electron chi connectivity index (χ0n) is 7.55. The van der Waals surface area contributed by atoms with Crippen LogP contribution in [0.25, 0.3) is 0 Å². The molecule has 3 atom stereocenters. The molecule has 0 aliphatic carbocycles. The maximum absolute atomic E-state index is 10.3. The molecule has 0 radical (unpaired) electrons. The van der Waals surface area contributed by atoms with Crippen LogP contribution in [0, 0.1) is 0 Å². The molecule has 9 heteroatoms. The van der Waals surface area contributed by atoms with Gasteiger partial charge >= 0.3 is 10.4 Å². The highest BCUT2D eigenvalue weighted by atomic mass is 32.3. The molecule has 0 aliphatic heterocycles. The van der Waals surface area contributed by atoms with Gasteiger partial charge in [0.2, 0.25) is 0 Å². The summed E-state index contributed by atoms with van der Waals surface area (Å²) in [6, 6.07) is 0. The van der Waals surface area contributed by atoms with E-state index in [0.29, 0.717) is 0 Å². The summed E-state index contributed by atoms with van der Waals surface area (Å²) in [5.74, 6) is 0. The summed E-state index contributed by atoms with van der Waals surface area (Å²) >= 11 is 0. The van der Waals surface area contributed by atoms with E-state index >= 15 is 0 Å². The van der Waals surface area contributed by atoms with E-state index in [1.165, 1.54) is 0 Å². The second-order valence-electron chi connectivity index (χ2n) is 2.71. The Bertz CT molecular complexity index is 286. The van der Waals surface area contributed by atoms with Crippen LogP contribution in [-0.2, 0) is 19.4 Å². The van der Waals surface area contributed by atoms with Crippen LogP contribution in [0.4, 0.5) is 0 Å². The molecule has 0 saturated heterocycles. The van der Waals surface area contributed by atoms with Crippen LogP contribution in [0.1, 0.15) is 6.42 Å². The number of hydrogen-bond donors (Lipinski definition) is 4. The van der Waals surface area contributed by atoms with Crippen LogP contribution < -0.4 is 0 Å². The van der Waals surface area contributed by atoms with Crippen LogP contribution in [0.5, 0.6) is 0 Å². The molecular formula is C6H12O8S. The predicted molar refractivity (Wildman–Crippen MR) is 46.2 cm³/mol. The van der Waals surface area contributed by atoms with Crippen molar-refractivity contribution >= 4 is 16.7 Å². The van der Waals surface area contributed by atoms with Crippen molar-refractivity contribution in [3.8, 4) is 0 Å². The Hall–Kier alpha value is -0.580. The van der Waals surface area contributed by atoms with Crippen molar-refractivity contribution in [3.63, 3.8) is 0 Å². The summed E-state index contributed by atoms with van der Waals surface area (Å²) in [6.45, 7) is -0.842. The molecular weight excluding hydrogens is 232 g/mol. The highest BCUT2D eigenvalue weighted by molar-refractivity contribution is 7.80. The lowest BCUT2D eigenvalue weighted by Crippen LogP contribution is -2.42. The lowest BCUT2D eigenvalue weighted by atomic mass is 10.1. The van der Waals surface area contributed by atoms with Gasteiger partial charge in [-0.05, 0) is 0 Å². The molecule has 0 spiro atoms. The van der Waals surface area contributed by atoms with E-state index < -0.39 is 41.7 Å². The van der Waals surface area contributed by atoms with Crippen molar-refractivity contribution in [2.75, 3.05) is 6.61 Å². The first kappa shape index (κ1) is 14.4. The standard InChI is InChI=1S/C6H12O8S/c7-2-1-5(14-15(11,12)13)6(10)4(9)3-8/h2,4-6,8-10H,1,3H2,(H,11,12,13)/t4-,5-,6-/m1/s1. The summed E-state index contributed by atoms with van der Waals surface area (Å²) < 4.78 is 32.8. The average molecular weight is 244 g/mol. The molecule has 0 bridgehead atoms. The number of aliphatic hydroxyl groups excluding tert-OH is 3. The Morgan fingerprint density at radius 1 is 1.33 bits per heavy atom. The second kappa shape index (κ2) is 6.10. The van der Waals surface area contributed by atoms with Gasteiger partial charge in [-0.3, -0.25) is 4.55 Å². The van der Waals surface area contributed by atoms with Gasteiger partial charge in [-0.1, -0.05) is 0 Å². The number of hydrogen-bond acceptors (Lipinski definition) is 7. The first-order valence-corrected chi connectivity index (χ1v) is 5.24. The highest BCUT2D eigenvalue weighted by Crippen LogP contribution is 2.10. The first-order valence-electron chi connectivity index (χ1n) is 3.88. The van der Waals surface area contributed by atoms with Crippen molar-refractivity contribution in [1.29, 1.82) is 0 Å². The second-order valence-corrected chi connectivity index (χ2v) is 3.75. The Kier molecular flexibility index (Phi) is 5.87. The molecule has 0 saturated carbocycles. The molecule has 8 nitrogen and oxygen atoms in total. The van der Waals surface area contributed by atoms with E-state index in [0.717, 1.165) is 0 Å². The SMILES string of the molecule is O=CC[C@@H](OS(=O)(=O)O)[C@H](O)[C@H](O)CO. The lowest BCUT2D eigenvalue weighted by molar-refractivity contribution is -0.113. The molecule has 0 amide bonds. The fourth-order valence-electron chi connectivity index (χ4n) is 0.842. The minimum absolute atomic E-state index is 0.239. The summed E-state index contributed by atoms with van der Waals surface area (Å²) in [4.78, 5) is 10.1. The Labute approximate surface area is 86.1 Å². The normalized spacial score (nSPS) is 18.1. The van der Waals surface area contributed by atoms with Gasteiger partial charge in [0.05, 0.1) is 6.61 Å². The molecule has 0 aromatic heterocycles. The van der Waals surface area contributed by atoms with Crippen molar-refractivity contribution in [3.05, 3.63) is 0 Å². The fourth-order valence-corrected chi connectivity index (χ4v) is 1.35. The van der Waals surface area contributed by atoms with E-state index in [4.69, 9.17) is 14.8 Å². The molecule has 0 aromatic carbocycles. The minimum Gasteiger partial charge on any atom is -0.394 e. The monoisotopic (exact) mass is 244 g/mol. The van der Waals surface area contributed by atoms with E-state index in [1.54, 1.807) is 0 Å². The lowest BCUT2D eigenvalue weighted by Gasteiger charge is -2.22. The summed E-state index contributed by atoms with van der Waals surface area (Å²) in [5, 5.41) is 26.6. The molecule has 0 aliphatic rings. The topological polar surface area (TPSA) is 141 Å². The number of rotatable bonds is 7.